The number of carbonyl (C=O) groups is 1. The van der Waals surface area contributed by atoms with Gasteiger partial charge in [-0.2, -0.15) is 0 Å². The summed E-state index contributed by atoms with van der Waals surface area (Å²) < 4.78 is 0. The number of nitrogens with zero attached hydrogens (tertiary/aromatic N) is 2. The Morgan fingerprint density at radius 3 is 3.00 bits per heavy atom. The molecule has 3 rings (SSSR count). The monoisotopic (exact) mass is 288 g/mol. The number of aliphatic hydroxyl groups is 1. The second-order valence-corrected chi connectivity index (χ2v) is 6.23. The molecular formula is C17H24N2O2. The van der Waals surface area contributed by atoms with Crippen molar-refractivity contribution in [1.82, 2.24) is 4.90 Å². The van der Waals surface area contributed by atoms with Crippen LogP contribution in [0.3, 0.4) is 0 Å². The first kappa shape index (κ1) is 14.5. The average molecular weight is 288 g/mol. The normalized spacial score (nSPS) is 23.9. The van der Waals surface area contributed by atoms with Crippen LogP contribution in [0.5, 0.6) is 0 Å². The molecular weight excluding hydrogens is 264 g/mol. The van der Waals surface area contributed by atoms with E-state index >= 15 is 0 Å². The van der Waals surface area contributed by atoms with Crippen molar-refractivity contribution in [3.8, 4) is 0 Å². The standard InChI is InChI=1S/C17H24N2O2/c1-13(18-9-4-5-14(11-18)12-20)17(21)19-10-8-15-6-2-3-7-16(15)19/h2-3,6-7,13-14,20H,4-5,8-12H2,1H3. The first-order chi connectivity index (χ1) is 10.2. The van der Waals surface area contributed by atoms with Crippen molar-refractivity contribution in [2.24, 2.45) is 5.92 Å². The predicted octanol–water partition coefficient (Wildman–Crippen LogP) is 1.67. The van der Waals surface area contributed by atoms with Crippen molar-refractivity contribution < 1.29 is 9.90 Å². The molecule has 1 saturated heterocycles. The molecule has 114 valence electrons. The summed E-state index contributed by atoms with van der Waals surface area (Å²) in [5.74, 6) is 0.512. The number of aliphatic hydroxyl groups excluding tert-OH is 1. The van der Waals surface area contributed by atoms with Gasteiger partial charge in [-0.25, -0.2) is 0 Å². The number of anilines is 1. The summed E-state index contributed by atoms with van der Waals surface area (Å²) in [6, 6.07) is 8.07. The summed E-state index contributed by atoms with van der Waals surface area (Å²) in [5.41, 5.74) is 2.34. The molecule has 2 atom stereocenters. The summed E-state index contributed by atoms with van der Waals surface area (Å²) in [6.07, 6.45) is 3.09. The highest BCUT2D eigenvalue weighted by Gasteiger charge is 2.32. The maximum atomic E-state index is 12.8. The first-order valence-electron chi connectivity index (χ1n) is 7.95. The fourth-order valence-electron chi connectivity index (χ4n) is 3.55. The third kappa shape index (κ3) is 2.83. The zero-order valence-corrected chi connectivity index (χ0v) is 12.7. The van der Waals surface area contributed by atoms with Crippen LogP contribution in [-0.4, -0.2) is 48.2 Å². The lowest BCUT2D eigenvalue weighted by molar-refractivity contribution is -0.124. The molecule has 2 heterocycles. The first-order valence-corrected chi connectivity index (χ1v) is 7.95. The molecule has 0 bridgehead atoms. The summed E-state index contributed by atoms with van der Waals surface area (Å²) in [7, 11) is 0. The molecule has 1 aromatic carbocycles. The van der Waals surface area contributed by atoms with Gasteiger partial charge in [0.2, 0.25) is 5.91 Å². The van der Waals surface area contributed by atoms with E-state index in [1.54, 1.807) is 0 Å². The highest BCUT2D eigenvalue weighted by Crippen LogP contribution is 2.29. The van der Waals surface area contributed by atoms with Gasteiger partial charge in [0.15, 0.2) is 0 Å². The van der Waals surface area contributed by atoms with Crippen LogP contribution in [-0.2, 0) is 11.2 Å². The Labute approximate surface area is 126 Å². The van der Waals surface area contributed by atoms with Crippen LogP contribution in [0.4, 0.5) is 5.69 Å². The highest BCUT2D eigenvalue weighted by atomic mass is 16.3. The quantitative estimate of drug-likeness (QED) is 0.920. The van der Waals surface area contributed by atoms with Gasteiger partial charge < -0.3 is 10.0 Å². The number of fused-ring (bicyclic) bond motifs is 1. The lowest BCUT2D eigenvalue weighted by Gasteiger charge is -2.37. The largest absolute Gasteiger partial charge is 0.396 e. The molecule has 2 aliphatic heterocycles. The minimum atomic E-state index is -0.106. The number of para-hydroxylation sites is 1. The zero-order valence-electron chi connectivity index (χ0n) is 12.7. The van der Waals surface area contributed by atoms with Gasteiger partial charge in [-0.05, 0) is 50.3 Å². The van der Waals surface area contributed by atoms with Gasteiger partial charge in [0, 0.05) is 25.4 Å². The Bertz CT molecular complexity index is 517. The predicted molar refractivity (Wildman–Crippen MR) is 83.3 cm³/mol. The average Bonchev–Trinajstić information content (AvgIpc) is 2.97. The van der Waals surface area contributed by atoms with E-state index in [1.807, 2.05) is 30.0 Å². The fraction of sp³-hybridized carbons (Fsp3) is 0.588. The number of hydrogen-bond donors (Lipinski definition) is 1. The Morgan fingerprint density at radius 2 is 2.19 bits per heavy atom. The molecule has 2 aliphatic rings. The van der Waals surface area contributed by atoms with Crippen molar-refractivity contribution in [2.75, 3.05) is 31.1 Å². The second-order valence-electron chi connectivity index (χ2n) is 6.23. The molecule has 1 aromatic rings. The van der Waals surface area contributed by atoms with E-state index in [2.05, 4.69) is 11.0 Å². The van der Waals surface area contributed by atoms with Crippen molar-refractivity contribution in [1.29, 1.82) is 0 Å². The molecule has 1 N–H and O–H groups in total. The van der Waals surface area contributed by atoms with Gasteiger partial charge in [-0.3, -0.25) is 9.69 Å². The smallest absolute Gasteiger partial charge is 0.244 e. The van der Waals surface area contributed by atoms with Gasteiger partial charge in [0.25, 0.3) is 0 Å². The second kappa shape index (κ2) is 6.16. The van der Waals surface area contributed by atoms with Crippen LogP contribution in [0, 0.1) is 5.92 Å². The van der Waals surface area contributed by atoms with Gasteiger partial charge >= 0.3 is 0 Å². The van der Waals surface area contributed by atoms with Gasteiger partial charge in [-0.15, -0.1) is 0 Å². The Balaban J connectivity index is 1.71. The lowest BCUT2D eigenvalue weighted by Crippen LogP contribution is -2.50. The van der Waals surface area contributed by atoms with Gasteiger partial charge in [-0.1, -0.05) is 18.2 Å². The maximum Gasteiger partial charge on any atom is 0.244 e. The fourth-order valence-corrected chi connectivity index (χ4v) is 3.55. The van der Waals surface area contributed by atoms with Crippen LogP contribution < -0.4 is 4.90 Å². The van der Waals surface area contributed by atoms with E-state index in [9.17, 15) is 9.90 Å². The van der Waals surface area contributed by atoms with Crippen molar-refractivity contribution >= 4 is 11.6 Å². The molecule has 0 aromatic heterocycles. The molecule has 1 fully saturated rings. The molecule has 0 aliphatic carbocycles. The van der Waals surface area contributed by atoms with Gasteiger partial charge in [0.05, 0.1) is 6.04 Å². The number of rotatable bonds is 3. The summed E-state index contributed by atoms with van der Waals surface area (Å²) >= 11 is 0. The Morgan fingerprint density at radius 1 is 1.38 bits per heavy atom. The molecule has 1 amide bonds. The van der Waals surface area contributed by atoms with Crippen LogP contribution in [0.15, 0.2) is 24.3 Å². The van der Waals surface area contributed by atoms with Crippen LogP contribution >= 0.6 is 0 Å². The minimum absolute atomic E-state index is 0.106. The summed E-state index contributed by atoms with van der Waals surface area (Å²) in [6.45, 7) is 4.81. The SMILES string of the molecule is CC(C(=O)N1CCc2ccccc21)N1CCCC(CO)C1. The van der Waals surface area contributed by atoms with Crippen LogP contribution in [0.25, 0.3) is 0 Å². The van der Waals surface area contributed by atoms with Crippen molar-refractivity contribution in [2.45, 2.75) is 32.2 Å². The summed E-state index contributed by atoms with van der Waals surface area (Å²) in [4.78, 5) is 17.0. The van der Waals surface area contributed by atoms with E-state index in [0.717, 1.165) is 44.6 Å². The van der Waals surface area contributed by atoms with E-state index in [4.69, 9.17) is 0 Å². The zero-order chi connectivity index (χ0) is 14.8. The van der Waals surface area contributed by atoms with E-state index < -0.39 is 0 Å². The van der Waals surface area contributed by atoms with Crippen LogP contribution in [0.2, 0.25) is 0 Å². The third-order valence-electron chi connectivity index (χ3n) is 4.87. The molecule has 0 spiro atoms. The van der Waals surface area contributed by atoms with E-state index in [-0.39, 0.29) is 18.6 Å². The Kier molecular flexibility index (Phi) is 4.27. The molecule has 2 unspecified atom stereocenters. The molecule has 4 heteroatoms. The van der Waals surface area contributed by atoms with E-state index in [0.29, 0.717) is 5.92 Å². The number of benzene rings is 1. The number of carbonyl (C=O) groups excluding carboxylic acids is 1. The summed E-state index contributed by atoms with van der Waals surface area (Å²) in [5, 5.41) is 9.35. The molecule has 0 radical (unpaired) electrons. The Hall–Kier alpha value is -1.39. The topological polar surface area (TPSA) is 43.8 Å². The maximum absolute atomic E-state index is 12.8. The van der Waals surface area contributed by atoms with Gasteiger partial charge in [0.1, 0.15) is 0 Å². The highest BCUT2D eigenvalue weighted by molar-refractivity contribution is 5.98. The van der Waals surface area contributed by atoms with E-state index in [1.165, 1.54) is 5.56 Å². The lowest BCUT2D eigenvalue weighted by atomic mass is 9.97. The molecule has 0 saturated carbocycles. The third-order valence-corrected chi connectivity index (χ3v) is 4.87. The molecule has 21 heavy (non-hydrogen) atoms. The van der Waals surface area contributed by atoms with Crippen molar-refractivity contribution in [3.63, 3.8) is 0 Å². The minimum Gasteiger partial charge on any atom is -0.396 e. The molecule has 4 nitrogen and oxygen atoms in total. The number of amides is 1. The van der Waals surface area contributed by atoms with Crippen molar-refractivity contribution in [3.05, 3.63) is 29.8 Å². The number of hydrogen-bond acceptors (Lipinski definition) is 3. The number of likely N-dealkylation sites (tertiary alicyclic amines) is 1. The number of piperidine rings is 1. The van der Waals surface area contributed by atoms with Crippen LogP contribution in [0.1, 0.15) is 25.3 Å².